The zero-order valence-corrected chi connectivity index (χ0v) is 16.2. The van der Waals surface area contributed by atoms with E-state index in [2.05, 4.69) is 0 Å². The summed E-state index contributed by atoms with van der Waals surface area (Å²) in [6.45, 7) is 5.14. The van der Waals surface area contributed by atoms with Gasteiger partial charge in [0.05, 0.1) is 23.3 Å². The Morgan fingerprint density at radius 2 is 1.67 bits per heavy atom. The maximum atomic E-state index is 13.2. The van der Waals surface area contributed by atoms with E-state index in [1.807, 2.05) is 6.92 Å². The quantitative estimate of drug-likeness (QED) is 0.641. The molecule has 0 saturated heterocycles. The van der Waals surface area contributed by atoms with E-state index in [0.717, 1.165) is 28.6 Å². The van der Waals surface area contributed by atoms with Crippen molar-refractivity contribution in [3.63, 3.8) is 0 Å². The number of anilines is 1. The number of esters is 1. The standard InChI is InChI=1S/C19H22FNO5S/c1-4-25-17-9-7-16(8-10-17)21(13-19(22)26-14(2)3)27(23,24)18-11-5-15(20)6-12-18/h5-12,14H,4,13H2,1-3H3. The van der Waals surface area contributed by atoms with Gasteiger partial charge < -0.3 is 9.47 Å². The molecule has 0 saturated carbocycles. The van der Waals surface area contributed by atoms with Gasteiger partial charge in [0.2, 0.25) is 0 Å². The third kappa shape index (κ3) is 5.43. The van der Waals surface area contributed by atoms with Gasteiger partial charge in [0, 0.05) is 0 Å². The van der Waals surface area contributed by atoms with E-state index in [1.54, 1.807) is 26.0 Å². The second-order valence-corrected chi connectivity index (χ2v) is 7.79. The SMILES string of the molecule is CCOc1ccc(N(CC(=O)OC(C)C)S(=O)(=O)c2ccc(F)cc2)cc1. The number of carbonyl (C=O) groups is 1. The van der Waals surface area contributed by atoms with Crippen molar-refractivity contribution < 1.29 is 27.1 Å². The first-order valence-corrected chi connectivity index (χ1v) is 9.88. The number of nitrogens with zero attached hydrogens (tertiary/aromatic N) is 1. The molecule has 27 heavy (non-hydrogen) atoms. The first-order valence-electron chi connectivity index (χ1n) is 8.44. The largest absolute Gasteiger partial charge is 0.494 e. The van der Waals surface area contributed by atoms with Gasteiger partial charge in [-0.3, -0.25) is 9.10 Å². The number of sulfonamides is 1. The molecule has 0 radical (unpaired) electrons. The molecule has 0 aliphatic rings. The molecule has 0 amide bonds. The molecule has 0 N–H and O–H groups in total. The molecule has 0 fully saturated rings. The Bertz CT molecular complexity index is 864. The van der Waals surface area contributed by atoms with Crippen molar-refractivity contribution in [3.8, 4) is 5.75 Å². The van der Waals surface area contributed by atoms with Gasteiger partial charge in [-0.05, 0) is 69.3 Å². The van der Waals surface area contributed by atoms with Crippen LogP contribution in [-0.2, 0) is 19.6 Å². The first-order chi connectivity index (χ1) is 12.7. The molecular weight excluding hydrogens is 373 g/mol. The lowest BCUT2D eigenvalue weighted by Gasteiger charge is -2.24. The lowest BCUT2D eigenvalue weighted by Crippen LogP contribution is -2.37. The predicted octanol–water partition coefficient (Wildman–Crippen LogP) is 3.37. The summed E-state index contributed by atoms with van der Waals surface area (Å²) in [6.07, 6.45) is -0.381. The van der Waals surface area contributed by atoms with Gasteiger partial charge in [-0.15, -0.1) is 0 Å². The van der Waals surface area contributed by atoms with Gasteiger partial charge in [-0.2, -0.15) is 0 Å². The molecule has 0 unspecified atom stereocenters. The third-order valence-electron chi connectivity index (χ3n) is 3.48. The minimum absolute atomic E-state index is 0.130. The Labute approximate surface area is 158 Å². The minimum atomic E-state index is -4.10. The summed E-state index contributed by atoms with van der Waals surface area (Å²) in [5.74, 6) is -0.671. The van der Waals surface area contributed by atoms with Gasteiger partial charge in [0.25, 0.3) is 10.0 Å². The normalized spacial score (nSPS) is 11.3. The molecule has 8 heteroatoms. The van der Waals surface area contributed by atoms with Crippen LogP contribution in [0.3, 0.4) is 0 Å². The van der Waals surface area contributed by atoms with Crippen molar-refractivity contribution in [1.82, 2.24) is 0 Å². The van der Waals surface area contributed by atoms with E-state index in [9.17, 15) is 17.6 Å². The van der Waals surface area contributed by atoms with Crippen molar-refractivity contribution in [2.45, 2.75) is 31.8 Å². The molecule has 2 aromatic carbocycles. The molecule has 2 aromatic rings. The molecule has 146 valence electrons. The summed E-state index contributed by atoms with van der Waals surface area (Å²) in [6, 6.07) is 10.7. The van der Waals surface area contributed by atoms with Crippen molar-refractivity contribution in [2.24, 2.45) is 0 Å². The zero-order valence-electron chi connectivity index (χ0n) is 15.4. The summed E-state index contributed by atoms with van der Waals surface area (Å²) in [5, 5.41) is 0. The van der Waals surface area contributed by atoms with Gasteiger partial charge >= 0.3 is 5.97 Å². The number of hydrogen-bond acceptors (Lipinski definition) is 5. The zero-order chi connectivity index (χ0) is 20.0. The molecule has 0 heterocycles. The summed E-state index contributed by atoms with van der Waals surface area (Å²) >= 11 is 0. The number of halogens is 1. The van der Waals surface area contributed by atoms with E-state index in [4.69, 9.17) is 9.47 Å². The van der Waals surface area contributed by atoms with Crippen LogP contribution in [0.1, 0.15) is 20.8 Å². The number of benzene rings is 2. The second kappa shape index (κ2) is 8.85. The summed E-state index contributed by atoms with van der Waals surface area (Å²) in [4.78, 5) is 12.0. The average molecular weight is 395 g/mol. The maximum absolute atomic E-state index is 13.2. The van der Waals surface area contributed by atoms with Crippen LogP contribution in [0.15, 0.2) is 53.4 Å². The Morgan fingerprint density at radius 3 is 2.19 bits per heavy atom. The van der Waals surface area contributed by atoms with Crippen LogP contribution < -0.4 is 9.04 Å². The van der Waals surface area contributed by atoms with E-state index in [1.165, 1.54) is 12.1 Å². The van der Waals surface area contributed by atoms with Crippen molar-refractivity contribution in [1.29, 1.82) is 0 Å². The molecule has 2 rings (SSSR count). The van der Waals surface area contributed by atoms with Gasteiger partial charge in [-0.1, -0.05) is 0 Å². The number of hydrogen-bond donors (Lipinski definition) is 0. The summed E-state index contributed by atoms with van der Waals surface area (Å²) < 4.78 is 50.6. The maximum Gasteiger partial charge on any atom is 0.327 e. The molecule has 0 bridgehead atoms. The fourth-order valence-electron chi connectivity index (χ4n) is 2.34. The van der Waals surface area contributed by atoms with Crippen LogP contribution >= 0.6 is 0 Å². The Kier molecular flexibility index (Phi) is 6.79. The fraction of sp³-hybridized carbons (Fsp3) is 0.316. The minimum Gasteiger partial charge on any atom is -0.494 e. The smallest absolute Gasteiger partial charge is 0.327 e. The molecule has 6 nitrogen and oxygen atoms in total. The van der Waals surface area contributed by atoms with Crippen molar-refractivity contribution in [3.05, 3.63) is 54.3 Å². The van der Waals surface area contributed by atoms with Crippen LogP contribution in [-0.4, -0.2) is 33.6 Å². The van der Waals surface area contributed by atoms with Crippen LogP contribution in [0.2, 0.25) is 0 Å². The van der Waals surface area contributed by atoms with Crippen LogP contribution in [0.5, 0.6) is 5.75 Å². The highest BCUT2D eigenvalue weighted by molar-refractivity contribution is 7.92. The molecule has 0 aliphatic carbocycles. The van der Waals surface area contributed by atoms with E-state index < -0.39 is 28.4 Å². The van der Waals surface area contributed by atoms with E-state index in [0.29, 0.717) is 12.4 Å². The lowest BCUT2D eigenvalue weighted by molar-refractivity contribution is -0.145. The Morgan fingerprint density at radius 1 is 1.07 bits per heavy atom. The lowest BCUT2D eigenvalue weighted by atomic mass is 10.3. The molecule has 0 aromatic heterocycles. The van der Waals surface area contributed by atoms with E-state index >= 15 is 0 Å². The third-order valence-corrected chi connectivity index (χ3v) is 5.27. The van der Waals surface area contributed by atoms with Gasteiger partial charge in [0.15, 0.2) is 0 Å². The molecule has 0 aliphatic heterocycles. The Hall–Kier alpha value is -2.61. The van der Waals surface area contributed by atoms with E-state index in [-0.39, 0.29) is 16.7 Å². The average Bonchev–Trinajstić information content (AvgIpc) is 2.60. The number of carbonyl (C=O) groups excluding carboxylic acids is 1. The fourth-order valence-corrected chi connectivity index (χ4v) is 3.75. The number of rotatable bonds is 8. The van der Waals surface area contributed by atoms with Crippen LogP contribution in [0.4, 0.5) is 10.1 Å². The van der Waals surface area contributed by atoms with Crippen molar-refractivity contribution in [2.75, 3.05) is 17.5 Å². The monoisotopic (exact) mass is 395 g/mol. The summed E-state index contributed by atoms with van der Waals surface area (Å²) in [7, 11) is -4.10. The van der Waals surface area contributed by atoms with Gasteiger partial charge in [-0.25, -0.2) is 12.8 Å². The van der Waals surface area contributed by atoms with Gasteiger partial charge in [0.1, 0.15) is 18.1 Å². The Balaban J connectivity index is 2.42. The number of ether oxygens (including phenoxy) is 2. The summed E-state index contributed by atoms with van der Waals surface area (Å²) in [5.41, 5.74) is 0.267. The predicted molar refractivity (Wildman–Crippen MR) is 99.8 cm³/mol. The van der Waals surface area contributed by atoms with Crippen LogP contribution in [0, 0.1) is 5.82 Å². The highest BCUT2D eigenvalue weighted by atomic mass is 32.2. The van der Waals surface area contributed by atoms with Crippen molar-refractivity contribution >= 4 is 21.7 Å². The molecule has 0 atom stereocenters. The topological polar surface area (TPSA) is 72.9 Å². The molecular formula is C19H22FNO5S. The first kappa shape index (κ1) is 20.7. The highest BCUT2D eigenvalue weighted by Crippen LogP contribution is 2.26. The van der Waals surface area contributed by atoms with Crippen LogP contribution in [0.25, 0.3) is 0 Å². The molecule has 0 spiro atoms. The highest BCUT2D eigenvalue weighted by Gasteiger charge is 2.28. The second-order valence-electron chi connectivity index (χ2n) is 5.93.